The van der Waals surface area contributed by atoms with Crippen molar-refractivity contribution in [2.24, 2.45) is 0 Å². The van der Waals surface area contributed by atoms with E-state index in [0.29, 0.717) is 17.4 Å². The van der Waals surface area contributed by atoms with E-state index in [1.165, 1.54) is 17.4 Å². The fourth-order valence-electron chi connectivity index (χ4n) is 1.58. The Hall–Kier alpha value is -1.80. The van der Waals surface area contributed by atoms with Gasteiger partial charge < -0.3 is 10.5 Å². The summed E-state index contributed by atoms with van der Waals surface area (Å²) in [6.45, 7) is 3.99. The Bertz CT molecular complexity index is 710. The molecule has 0 saturated carbocycles. The number of aryl methyl sites for hydroxylation is 1. The number of nitrogens with zero attached hydrogens (tertiary/aromatic N) is 1. The van der Waals surface area contributed by atoms with Gasteiger partial charge in [-0.2, -0.15) is 0 Å². The zero-order valence-corrected chi connectivity index (χ0v) is 12.7. The first-order valence-corrected chi connectivity index (χ1v) is 8.20. The molecule has 0 saturated heterocycles. The third-order valence-corrected chi connectivity index (χ3v) is 4.72. The monoisotopic (exact) mass is 313 g/mol. The third-order valence-electron chi connectivity index (χ3n) is 2.40. The Morgan fingerprint density at radius 3 is 2.80 bits per heavy atom. The topological polar surface area (TPSA) is 94.3 Å². The van der Waals surface area contributed by atoms with E-state index in [1.807, 2.05) is 6.92 Å². The molecule has 2 aromatic rings. The lowest BCUT2D eigenvalue weighted by Crippen LogP contribution is -2.14. The van der Waals surface area contributed by atoms with Crippen LogP contribution in [0.3, 0.4) is 0 Å². The molecule has 1 aromatic heterocycles. The van der Waals surface area contributed by atoms with Crippen LogP contribution in [0.4, 0.5) is 10.8 Å². The number of nitrogens with one attached hydrogen (secondary N) is 1. The minimum atomic E-state index is -3.78. The van der Waals surface area contributed by atoms with E-state index < -0.39 is 10.0 Å². The first-order chi connectivity index (χ1) is 9.42. The molecule has 0 unspecified atom stereocenters. The lowest BCUT2D eigenvalue weighted by molar-refractivity contribution is 0.331. The van der Waals surface area contributed by atoms with Gasteiger partial charge in [-0.15, -0.1) is 11.3 Å². The molecule has 108 valence electrons. The van der Waals surface area contributed by atoms with Gasteiger partial charge in [-0.25, -0.2) is 13.4 Å². The summed E-state index contributed by atoms with van der Waals surface area (Å²) < 4.78 is 32.5. The second kappa shape index (κ2) is 5.68. The van der Waals surface area contributed by atoms with E-state index in [2.05, 4.69) is 9.71 Å². The molecule has 0 radical (unpaired) electrons. The van der Waals surface area contributed by atoms with Crippen molar-refractivity contribution < 1.29 is 13.2 Å². The summed E-state index contributed by atoms with van der Waals surface area (Å²) >= 11 is 1.26. The summed E-state index contributed by atoms with van der Waals surface area (Å²) in [7, 11) is -3.78. The van der Waals surface area contributed by atoms with Crippen molar-refractivity contribution in [2.45, 2.75) is 18.7 Å². The summed E-state index contributed by atoms with van der Waals surface area (Å²) in [5.41, 5.74) is 6.01. The van der Waals surface area contributed by atoms with Crippen LogP contribution in [0.1, 0.15) is 11.8 Å². The van der Waals surface area contributed by atoms with Crippen LogP contribution in [0.2, 0.25) is 0 Å². The van der Waals surface area contributed by atoms with E-state index in [1.54, 1.807) is 25.3 Å². The van der Waals surface area contributed by atoms with Crippen molar-refractivity contribution in [2.75, 3.05) is 17.1 Å². The van der Waals surface area contributed by atoms with Gasteiger partial charge in [0.15, 0.2) is 5.13 Å². The summed E-state index contributed by atoms with van der Waals surface area (Å²) in [4.78, 5) is 4.90. The third kappa shape index (κ3) is 3.20. The van der Waals surface area contributed by atoms with Crippen molar-refractivity contribution in [1.29, 1.82) is 0 Å². The highest BCUT2D eigenvalue weighted by Gasteiger charge is 2.21. The maximum Gasteiger partial charge on any atom is 0.267 e. The Labute approximate surface area is 121 Å². The SMILES string of the molecule is CCOc1ccc(N)cc1S(=O)(=O)Nc1ncc(C)s1. The van der Waals surface area contributed by atoms with Gasteiger partial charge in [-0.05, 0) is 32.0 Å². The molecule has 1 aromatic carbocycles. The van der Waals surface area contributed by atoms with E-state index in [0.717, 1.165) is 4.88 Å². The molecular weight excluding hydrogens is 298 g/mol. The lowest BCUT2D eigenvalue weighted by atomic mass is 10.3. The van der Waals surface area contributed by atoms with Crippen LogP contribution < -0.4 is 15.2 Å². The van der Waals surface area contributed by atoms with Crippen LogP contribution in [-0.4, -0.2) is 20.0 Å². The Morgan fingerprint density at radius 1 is 1.45 bits per heavy atom. The van der Waals surface area contributed by atoms with E-state index >= 15 is 0 Å². The van der Waals surface area contributed by atoms with Gasteiger partial charge in [-0.3, -0.25) is 4.72 Å². The predicted molar refractivity (Wildman–Crippen MR) is 79.7 cm³/mol. The molecule has 8 heteroatoms. The van der Waals surface area contributed by atoms with Crippen molar-refractivity contribution in [1.82, 2.24) is 4.98 Å². The molecule has 0 fully saturated rings. The second-order valence-electron chi connectivity index (χ2n) is 4.02. The Kier molecular flexibility index (Phi) is 4.15. The number of hydrogen-bond acceptors (Lipinski definition) is 6. The molecule has 0 aliphatic rings. The largest absolute Gasteiger partial charge is 0.492 e. The number of rotatable bonds is 5. The maximum atomic E-state index is 12.4. The maximum absolute atomic E-state index is 12.4. The Morgan fingerprint density at radius 2 is 2.20 bits per heavy atom. The number of nitrogens with two attached hydrogens (primary N) is 1. The number of ether oxygens (including phenoxy) is 1. The Balaban J connectivity index is 2.40. The second-order valence-corrected chi connectivity index (χ2v) is 6.91. The van der Waals surface area contributed by atoms with Crippen molar-refractivity contribution >= 4 is 32.2 Å². The number of anilines is 2. The van der Waals surface area contributed by atoms with Crippen LogP contribution in [0.5, 0.6) is 5.75 Å². The molecular formula is C12H15N3O3S2. The highest BCUT2D eigenvalue weighted by Crippen LogP contribution is 2.29. The summed E-state index contributed by atoms with van der Waals surface area (Å²) in [5, 5.41) is 0.312. The summed E-state index contributed by atoms with van der Waals surface area (Å²) in [6.07, 6.45) is 1.60. The number of sulfonamides is 1. The van der Waals surface area contributed by atoms with Gasteiger partial charge in [0.2, 0.25) is 0 Å². The molecule has 6 nitrogen and oxygen atoms in total. The van der Waals surface area contributed by atoms with Gasteiger partial charge >= 0.3 is 0 Å². The molecule has 0 aliphatic carbocycles. The van der Waals surface area contributed by atoms with Crippen LogP contribution in [0.25, 0.3) is 0 Å². The zero-order valence-electron chi connectivity index (χ0n) is 11.1. The van der Waals surface area contributed by atoms with Gasteiger partial charge in [-0.1, -0.05) is 0 Å². The predicted octanol–water partition coefficient (Wildman–Crippen LogP) is 2.23. The highest BCUT2D eigenvalue weighted by atomic mass is 32.2. The number of hydrogen-bond donors (Lipinski definition) is 2. The van der Waals surface area contributed by atoms with Crippen molar-refractivity contribution in [3.63, 3.8) is 0 Å². The smallest absolute Gasteiger partial charge is 0.267 e. The molecule has 1 heterocycles. The standard InChI is InChI=1S/C12H15N3O3S2/c1-3-18-10-5-4-9(13)6-11(10)20(16,17)15-12-14-7-8(2)19-12/h4-7H,3,13H2,1-2H3,(H,14,15). The molecule has 0 amide bonds. The molecule has 20 heavy (non-hydrogen) atoms. The molecule has 2 rings (SSSR count). The minimum Gasteiger partial charge on any atom is -0.492 e. The van der Waals surface area contributed by atoms with Gasteiger partial charge in [0.25, 0.3) is 10.0 Å². The van der Waals surface area contributed by atoms with Crippen molar-refractivity contribution in [3.8, 4) is 5.75 Å². The fourth-order valence-corrected chi connectivity index (χ4v) is 3.67. The van der Waals surface area contributed by atoms with Gasteiger partial charge in [0.05, 0.1) is 6.61 Å². The van der Waals surface area contributed by atoms with Crippen LogP contribution in [0.15, 0.2) is 29.3 Å². The summed E-state index contributed by atoms with van der Waals surface area (Å²) in [5.74, 6) is 0.266. The van der Waals surface area contributed by atoms with Crippen molar-refractivity contribution in [3.05, 3.63) is 29.3 Å². The zero-order chi connectivity index (χ0) is 14.8. The quantitative estimate of drug-likeness (QED) is 0.826. The lowest BCUT2D eigenvalue weighted by Gasteiger charge is -2.11. The van der Waals surface area contributed by atoms with Gasteiger partial charge in [0.1, 0.15) is 10.6 Å². The van der Waals surface area contributed by atoms with Crippen LogP contribution in [0, 0.1) is 6.92 Å². The molecule has 0 bridgehead atoms. The first kappa shape index (κ1) is 14.6. The molecule has 3 N–H and O–H groups in total. The number of thiazole rings is 1. The normalized spacial score (nSPS) is 11.3. The number of aromatic nitrogens is 1. The van der Waals surface area contributed by atoms with E-state index in [9.17, 15) is 8.42 Å². The van der Waals surface area contributed by atoms with Crippen LogP contribution >= 0.6 is 11.3 Å². The number of nitrogen functional groups attached to an aromatic ring is 1. The number of benzene rings is 1. The fraction of sp³-hybridized carbons (Fsp3) is 0.250. The highest BCUT2D eigenvalue weighted by molar-refractivity contribution is 7.93. The molecule has 0 spiro atoms. The van der Waals surface area contributed by atoms with E-state index in [4.69, 9.17) is 10.5 Å². The van der Waals surface area contributed by atoms with Gasteiger partial charge in [0, 0.05) is 16.8 Å². The molecule has 0 aliphatic heterocycles. The molecule has 0 atom stereocenters. The average molecular weight is 313 g/mol. The minimum absolute atomic E-state index is 0.00667. The summed E-state index contributed by atoms with van der Waals surface area (Å²) in [6, 6.07) is 4.51. The van der Waals surface area contributed by atoms with Crippen LogP contribution in [-0.2, 0) is 10.0 Å². The first-order valence-electron chi connectivity index (χ1n) is 5.90. The van der Waals surface area contributed by atoms with E-state index in [-0.39, 0.29) is 10.6 Å². The average Bonchev–Trinajstić information content (AvgIpc) is 2.76.